The lowest BCUT2D eigenvalue weighted by atomic mass is 10.3. The van der Waals surface area contributed by atoms with Crippen LogP contribution in [0, 0.1) is 11.3 Å². The molecule has 78 valence electrons. The second kappa shape index (κ2) is 5.76. The standard InChI is InChI=1S/C11H14N4/c1-3-4-5-6-15(2)11-9-13-10(7-12)8-14-11/h3,8-9H,1,4-6H2,2H3. The summed E-state index contributed by atoms with van der Waals surface area (Å²) in [6.45, 7) is 4.58. The van der Waals surface area contributed by atoms with Gasteiger partial charge in [0.05, 0.1) is 12.4 Å². The summed E-state index contributed by atoms with van der Waals surface area (Å²) in [5.41, 5.74) is 0.346. The zero-order valence-corrected chi connectivity index (χ0v) is 8.85. The smallest absolute Gasteiger partial charge is 0.158 e. The summed E-state index contributed by atoms with van der Waals surface area (Å²) < 4.78 is 0. The maximum atomic E-state index is 8.56. The maximum Gasteiger partial charge on any atom is 0.158 e. The van der Waals surface area contributed by atoms with Gasteiger partial charge >= 0.3 is 0 Å². The van der Waals surface area contributed by atoms with Crippen molar-refractivity contribution in [3.05, 3.63) is 30.7 Å². The molecular weight excluding hydrogens is 188 g/mol. The third-order valence-electron chi connectivity index (χ3n) is 2.05. The van der Waals surface area contributed by atoms with Crippen molar-refractivity contribution in [1.82, 2.24) is 9.97 Å². The van der Waals surface area contributed by atoms with Gasteiger partial charge in [-0.3, -0.25) is 0 Å². The van der Waals surface area contributed by atoms with Crippen LogP contribution in [0.2, 0.25) is 0 Å². The van der Waals surface area contributed by atoms with Crippen molar-refractivity contribution < 1.29 is 0 Å². The molecule has 0 saturated heterocycles. The molecule has 1 rings (SSSR count). The fourth-order valence-corrected chi connectivity index (χ4v) is 1.16. The number of hydrogen-bond acceptors (Lipinski definition) is 4. The molecular formula is C11H14N4. The highest BCUT2D eigenvalue weighted by Gasteiger charge is 2.02. The number of allylic oxidation sites excluding steroid dienone is 1. The summed E-state index contributed by atoms with van der Waals surface area (Å²) in [5, 5.41) is 8.56. The molecule has 0 aliphatic rings. The SMILES string of the molecule is C=CCCCN(C)c1cnc(C#N)cn1. The van der Waals surface area contributed by atoms with E-state index in [1.165, 1.54) is 6.20 Å². The van der Waals surface area contributed by atoms with Crippen LogP contribution in [0.4, 0.5) is 5.82 Å². The van der Waals surface area contributed by atoms with Gasteiger partial charge in [-0.1, -0.05) is 6.08 Å². The van der Waals surface area contributed by atoms with Crippen LogP contribution in [-0.2, 0) is 0 Å². The normalized spacial score (nSPS) is 9.33. The molecule has 0 bridgehead atoms. The van der Waals surface area contributed by atoms with Crippen LogP contribution in [0.1, 0.15) is 18.5 Å². The number of aromatic nitrogens is 2. The highest BCUT2D eigenvalue weighted by atomic mass is 15.2. The third kappa shape index (κ3) is 3.39. The van der Waals surface area contributed by atoms with E-state index in [2.05, 4.69) is 16.5 Å². The van der Waals surface area contributed by atoms with E-state index in [-0.39, 0.29) is 0 Å². The van der Waals surface area contributed by atoms with E-state index in [1.807, 2.05) is 24.1 Å². The van der Waals surface area contributed by atoms with Crippen molar-refractivity contribution in [3.8, 4) is 6.07 Å². The summed E-state index contributed by atoms with van der Waals surface area (Å²) in [6.07, 6.45) is 7.04. The highest BCUT2D eigenvalue weighted by Crippen LogP contribution is 2.07. The van der Waals surface area contributed by atoms with E-state index in [0.717, 1.165) is 25.2 Å². The van der Waals surface area contributed by atoms with Gasteiger partial charge in [0, 0.05) is 13.6 Å². The van der Waals surface area contributed by atoms with Gasteiger partial charge in [0.15, 0.2) is 5.69 Å². The predicted molar refractivity (Wildman–Crippen MR) is 59.4 cm³/mol. The predicted octanol–water partition coefficient (Wildman–Crippen LogP) is 1.75. The van der Waals surface area contributed by atoms with Crippen molar-refractivity contribution in [1.29, 1.82) is 5.26 Å². The number of nitriles is 1. The Morgan fingerprint density at radius 3 is 2.87 bits per heavy atom. The van der Waals surface area contributed by atoms with Gasteiger partial charge in [-0.05, 0) is 12.8 Å². The van der Waals surface area contributed by atoms with Crippen LogP contribution in [0.25, 0.3) is 0 Å². The summed E-state index contributed by atoms with van der Waals surface area (Å²) in [6, 6.07) is 1.94. The van der Waals surface area contributed by atoms with Gasteiger partial charge in [-0.15, -0.1) is 6.58 Å². The van der Waals surface area contributed by atoms with E-state index in [4.69, 9.17) is 5.26 Å². The van der Waals surface area contributed by atoms with E-state index in [9.17, 15) is 0 Å². The van der Waals surface area contributed by atoms with Gasteiger partial charge in [-0.25, -0.2) is 9.97 Å². The van der Waals surface area contributed by atoms with Gasteiger partial charge in [0.1, 0.15) is 11.9 Å². The first-order chi connectivity index (χ1) is 7.27. The number of unbranched alkanes of at least 4 members (excludes halogenated alkanes) is 1. The van der Waals surface area contributed by atoms with Crippen LogP contribution >= 0.6 is 0 Å². The van der Waals surface area contributed by atoms with Crippen LogP contribution in [0.3, 0.4) is 0 Å². The van der Waals surface area contributed by atoms with Crippen molar-refractivity contribution in [2.24, 2.45) is 0 Å². The molecule has 15 heavy (non-hydrogen) atoms. The third-order valence-corrected chi connectivity index (χ3v) is 2.05. The molecule has 1 heterocycles. The molecule has 0 spiro atoms. The van der Waals surface area contributed by atoms with Gasteiger partial charge in [0.25, 0.3) is 0 Å². The van der Waals surface area contributed by atoms with Crippen molar-refractivity contribution in [2.45, 2.75) is 12.8 Å². The van der Waals surface area contributed by atoms with E-state index in [0.29, 0.717) is 5.69 Å². The first-order valence-corrected chi connectivity index (χ1v) is 4.82. The Hall–Kier alpha value is -1.89. The topological polar surface area (TPSA) is 52.8 Å². The minimum absolute atomic E-state index is 0.346. The molecule has 0 N–H and O–H groups in total. The molecule has 0 aromatic carbocycles. The summed E-state index contributed by atoms with van der Waals surface area (Å²) in [5.74, 6) is 0.790. The Morgan fingerprint density at radius 1 is 1.53 bits per heavy atom. The minimum Gasteiger partial charge on any atom is -0.358 e. The molecule has 0 atom stereocenters. The van der Waals surface area contributed by atoms with Crippen LogP contribution in [0.5, 0.6) is 0 Å². The average Bonchev–Trinajstić information content (AvgIpc) is 2.29. The molecule has 0 saturated carbocycles. The first-order valence-electron chi connectivity index (χ1n) is 4.82. The molecule has 1 aromatic heterocycles. The van der Waals surface area contributed by atoms with Crippen LogP contribution in [0.15, 0.2) is 25.0 Å². The molecule has 0 aliphatic heterocycles. The number of nitrogens with zero attached hydrogens (tertiary/aromatic N) is 4. The van der Waals surface area contributed by atoms with Gasteiger partial charge < -0.3 is 4.90 Å². The molecule has 4 heteroatoms. The summed E-state index contributed by atoms with van der Waals surface area (Å²) in [7, 11) is 1.96. The first kappa shape index (κ1) is 11.2. The summed E-state index contributed by atoms with van der Waals surface area (Å²) >= 11 is 0. The average molecular weight is 202 g/mol. The number of hydrogen-bond donors (Lipinski definition) is 0. The second-order valence-electron chi connectivity index (χ2n) is 3.22. The zero-order valence-electron chi connectivity index (χ0n) is 8.85. The minimum atomic E-state index is 0.346. The second-order valence-corrected chi connectivity index (χ2v) is 3.22. The van der Waals surface area contributed by atoms with Crippen molar-refractivity contribution >= 4 is 5.82 Å². The van der Waals surface area contributed by atoms with E-state index >= 15 is 0 Å². The molecule has 0 aliphatic carbocycles. The van der Waals surface area contributed by atoms with Crippen LogP contribution in [-0.4, -0.2) is 23.6 Å². The molecule has 0 unspecified atom stereocenters. The molecule has 0 amide bonds. The van der Waals surface area contributed by atoms with Gasteiger partial charge in [-0.2, -0.15) is 5.26 Å². The number of rotatable bonds is 5. The maximum absolute atomic E-state index is 8.56. The zero-order chi connectivity index (χ0) is 11.1. The molecule has 1 aromatic rings. The lowest BCUT2D eigenvalue weighted by Gasteiger charge is -2.16. The van der Waals surface area contributed by atoms with Crippen molar-refractivity contribution in [3.63, 3.8) is 0 Å². The molecule has 0 radical (unpaired) electrons. The lowest BCUT2D eigenvalue weighted by molar-refractivity contribution is 0.789. The summed E-state index contributed by atoms with van der Waals surface area (Å²) in [4.78, 5) is 10.1. The Bertz CT molecular complexity index is 350. The van der Waals surface area contributed by atoms with Crippen molar-refractivity contribution in [2.75, 3.05) is 18.5 Å². The molecule has 4 nitrogen and oxygen atoms in total. The number of anilines is 1. The van der Waals surface area contributed by atoms with E-state index in [1.54, 1.807) is 6.20 Å². The fourth-order valence-electron chi connectivity index (χ4n) is 1.16. The Balaban J connectivity index is 2.54. The largest absolute Gasteiger partial charge is 0.358 e. The molecule has 0 fully saturated rings. The fraction of sp³-hybridized carbons (Fsp3) is 0.364. The van der Waals surface area contributed by atoms with Crippen LogP contribution < -0.4 is 4.90 Å². The lowest BCUT2D eigenvalue weighted by Crippen LogP contribution is -2.19. The Morgan fingerprint density at radius 2 is 2.33 bits per heavy atom. The Labute approximate surface area is 89.9 Å². The van der Waals surface area contributed by atoms with Gasteiger partial charge in [0.2, 0.25) is 0 Å². The highest BCUT2D eigenvalue weighted by molar-refractivity contribution is 5.35. The quantitative estimate of drug-likeness (QED) is 0.539. The Kier molecular flexibility index (Phi) is 4.30. The monoisotopic (exact) mass is 202 g/mol. The van der Waals surface area contributed by atoms with E-state index < -0.39 is 0 Å².